The van der Waals surface area contributed by atoms with Crippen molar-refractivity contribution in [2.24, 2.45) is 0 Å². The molecule has 1 aromatic heterocycles. The number of aryl methyl sites for hydroxylation is 1. The smallest absolute Gasteiger partial charge is 0.234 e. The Labute approximate surface area is 175 Å². The molecular formula is C22H24N4O2S. The van der Waals surface area contributed by atoms with Crippen molar-refractivity contribution in [3.8, 4) is 17.1 Å². The van der Waals surface area contributed by atoms with Gasteiger partial charge in [0.25, 0.3) is 0 Å². The third kappa shape index (κ3) is 5.06. The first kappa shape index (κ1) is 20.7. The molecule has 0 bridgehead atoms. The van der Waals surface area contributed by atoms with Crippen molar-refractivity contribution in [3.63, 3.8) is 0 Å². The summed E-state index contributed by atoms with van der Waals surface area (Å²) in [5.41, 5.74) is 2.89. The fraction of sp³-hybridized carbons (Fsp3) is 0.227. The Kier molecular flexibility index (Phi) is 7.08. The highest BCUT2D eigenvalue weighted by Crippen LogP contribution is 2.26. The van der Waals surface area contributed by atoms with Gasteiger partial charge in [-0.1, -0.05) is 43.0 Å². The molecule has 2 aromatic carbocycles. The molecule has 29 heavy (non-hydrogen) atoms. The number of aromatic nitrogens is 3. The Hall–Kier alpha value is -3.06. The van der Waals surface area contributed by atoms with Crippen LogP contribution in [-0.4, -0.2) is 33.5 Å². The average molecular weight is 409 g/mol. The van der Waals surface area contributed by atoms with Gasteiger partial charge < -0.3 is 10.1 Å². The Morgan fingerprint density at radius 1 is 1.21 bits per heavy atom. The van der Waals surface area contributed by atoms with Gasteiger partial charge >= 0.3 is 0 Å². The van der Waals surface area contributed by atoms with Crippen LogP contribution < -0.4 is 10.1 Å². The molecule has 1 amide bonds. The van der Waals surface area contributed by atoms with E-state index in [9.17, 15) is 4.79 Å². The van der Waals surface area contributed by atoms with E-state index < -0.39 is 0 Å². The molecule has 1 N–H and O–H groups in total. The van der Waals surface area contributed by atoms with E-state index in [1.165, 1.54) is 11.8 Å². The van der Waals surface area contributed by atoms with Crippen LogP contribution >= 0.6 is 11.8 Å². The molecule has 0 spiro atoms. The van der Waals surface area contributed by atoms with E-state index in [2.05, 4.69) is 29.0 Å². The lowest BCUT2D eigenvalue weighted by molar-refractivity contribution is -0.113. The lowest BCUT2D eigenvalue weighted by atomic mass is 10.1. The quantitative estimate of drug-likeness (QED) is 0.419. The molecule has 0 saturated heterocycles. The molecule has 0 saturated carbocycles. The van der Waals surface area contributed by atoms with E-state index in [4.69, 9.17) is 4.74 Å². The SMILES string of the molecule is C=CCn1c(SCC(=O)Nc2ccccc2CC)nnc1-c1ccc(OC)cc1. The van der Waals surface area contributed by atoms with E-state index >= 15 is 0 Å². The summed E-state index contributed by atoms with van der Waals surface area (Å²) in [7, 11) is 1.63. The van der Waals surface area contributed by atoms with Crippen LogP contribution in [0.2, 0.25) is 0 Å². The van der Waals surface area contributed by atoms with Crippen LogP contribution in [0.5, 0.6) is 5.75 Å². The van der Waals surface area contributed by atoms with Gasteiger partial charge in [0.2, 0.25) is 5.91 Å². The van der Waals surface area contributed by atoms with Crippen molar-refractivity contribution >= 4 is 23.4 Å². The molecule has 0 unspecified atom stereocenters. The second kappa shape index (κ2) is 9.93. The topological polar surface area (TPSA) is 69.0 Å². The molecule has 0 fully saturated rings. The number of hydrogen-bond donors (Lipinski definition) is 1. The van der Waals surface area contributed by atoms with Crippen molar-refractivity contribution in [1.29, 1.82) is 0 Å². The summed E-state index contributed by atoms with van der Waals surface area (Å²) in [6, 6.07) is 15.5. The van der Waals surface area contributed by atoms with Crippen LogP contribution in [0.1, 0.15) is 12.5 Å². The predicted molar refractivity (Wildman–Crippen MR) is 117 cm³/mol. The summed E-state index contributed by atoms with van der Waals surface area (Å²) in [5.74, 6) is 1.68. The van der Waals surface area contributed by atoms with Gasteiger partial charge in [-0.15, -0.1) is 16.8 Å². The molecule has 0 aliphatic rings. The summed E-state index contributed by atoms with van der Waals surface area (Å²) in [4.78, 5) is 12.4. The van der Waals surface area contributed by atoms with E-state index in [0.29, 0.717) is 11.7 Å². The normalized spacial score (nSPS) is 10.6. The lowest BCUT2D eigenvalue weighted by Gasteiger charge is -2.10. The number of allylic oxidation sites excluding steroid dienone is 1. The van der Waals surface area contributed by atoms with E-state index in [1.807, 2.05) is 53.1 Å². The van der Waals surface area contributed by atoms with Gasteiger partial charge in [0.05, 0.1) is 12.9 Å². The third-order valence-electron chi connectivity index (χ3n) is 4.38. The van der Waals surface area contributed by atoms with Gasteiger partial charge in [0.1, 0.15) is 5.75 Å². The minimum absolute atomic E-state index is 0.0740. The molecule has 7 heteroatoms. The summed E-state index contributed by atoms with van der Waals surface area (Å²) in [6.45, 7) is 6.44. The highest BCUT2D eigenvalue weighted by molar-refractivity contribution is 7.99. The average Bonchev–Trinajstić information content (AvgIpc) is 3.15. The summed E-state index contributed by atoms with van der Waals surface area (Å²) in [5, 5.41) is 12.3. The highest BCUT2D eigenvalue weighted by atomic mass is 32.2. The summed E-state index contributed by atoms with van der Waals surface area (Å²) >= 11 is 1.36. The molecular weight excluding hydrogens is 384 g/mol. The zero-order chi connectivity index (χ0) is 20.6. The first-order chi connectivity index (χ1) is 14.2. The number of thioether (sulfide) groups is 1. The van der Waals surface area contributed by atoms with Gasteiger partial charge in [0, 0.05) is 17.8 Å². The molecule has 0 radical (unpaired) electrons. The van der Waals surface area contributed by atoms with Crippen molar-refractivity contribution < 1.29 is 9.53 Å². The molecule has 0 atom stereocenters. The number of benzene rings is 2. The number of ether oxygens (including phenoxy) is 1. The van der Waals surface area contributed by atoms with E-state index in [1.54, 1.807) is 13.2 Å². The summed E-state index contributed by atoms with van der Waals surface area (Å²) in [6.07, 6.45) is 2.65. The van der Waals surface area contributed by atoms with Crippen LogP contribution in [0.15, 0.2) is 66.3 Å². The second-order valence-corrected chi connectivity index (χ2v) is 7.22. The largest absolute Gasteiger partial charge is 0.497 e. The van der Waals surface area contributed by atoms with Gasteiger partial charge in [0.15, 0.2) is 11.0 Å². The number of carbonyl (C=O) groups excluding carboxylic acids is 1. The zero-order valence-electron chi connectivity index (χ0n) is 16.6. The van der Waals surface area contributed by atoms with Crippen LogP contribution in [0.4, 0.5) is 5.69 Å². The number of amides is 1. The number of methoxy groups -OCH3 is 1. The van der Waals surface area contributed by atoms with Crippen molar-refractivity contribution in [1.82, 2.24) is 14.8 Å². The number of rotatable bonds is 9. The van der Waals surface area contributed by atoms with Crippen molar-refractivity contribution in [2.45, 2.75) is 25.0 Å². The maximum Gasteiger partial charge on any atom is 0.234 e. The van der Waals surface area contributed by atoms with E-state index in [0.717, 1.165) is 34.8 Å². The zero-order valence-corrected chi connectivity index (χ0v) is 17.4. The Morgan fingerprint density at radius 3 is 2.66 bits per heavy atom. The molecule has 3 aromatic rings. The maximum absolute atomic E-state index is 12.4. The molecule has 150 valence electrons. The first-order valence-corrected chi connectivity index (χ1v) is 10.3. The summed E-state index contributed by atoms with van der Waals surface area (Å²) < 4.78 is 7.16. The molecule has 6 nitrogen and oxygen atoms in total. The Balaban J connectivity index is 1.72. The van der Waals surface area contributed by atoms with Gasteiger partial charge in [-0.2, -0.15) is 0 Å². The number of hydrogen-bond acceptors (Lipinski definition) is 5. The van der Waals surface area contributed by atoms with Crippen molar-refractivity contribution in [2.75, 3.05) is 18.2 Å². The maximum atomic E-state index is 12.4. The fourth-order valence-electron chi connectivity index (χ4n) is 2.91. The van der Waals surface area contributed by atoms with Crippen LogP contribution in [0.3, 0.4) is 0 Å². The molecule has 0 aliphatic heterocycles. The molecule has 1 heterocycles. The van der Waals surface area contributed by atoms with E-state index in [-0.39, 0.29) is 11.7 Å². The minimum atomic E-state index is -0.0740. The Morgan fingerprint density at radius 2 is 1.97 bits per heavy atom. The molecule has 0 aliphatic carbocycles. The number of anilines is 1. The van der Waals surface area contributed by atoms with Gasteiger partial charge in [-0.25, -0.2) is 0 Å². The second-order valence-electron chi connectivity index (χ2n) is 6.28. The predicted octanol–water partition coefficient (Wildman–Crippen LogP) is 4.43. The van der Waals surface area contributed by atoms with Crippen LogP contribution in [0, 0.1) is 0 Å². The van der Waals surface area contributed by atoms with Crippen LogP contribution in [0.25, 0.3) is 11.4 Å². The highest BCUT2D eigenvalue weighted by Gasteiger charge is 2.15. The number of nitrogens with one attached hydrogen (secondary N) is 1. The van der Waals surface area contributed by atoms with Gasteiger partial charge in [-0.05, 0) is 42.3 Å². The number of nitrogens with zero attached hydrogens (tertiary/aromatic N) is 3. The standard InChI is InChI=1S/C22H24N4O2S/c1-4-14-26-21(17-10-12-18(28-3)13-11-17)24-25-22(26)29-15-20(27)23-19-9-7-6-8-16(19)5-2/h4,6-13H,1,5,14-15H2,2-3H3,(H,23,27). The number of carbonyl (C=O) groups is 1. The Bertz CT molecular complexity index is 983. The van der Waals surface area contributed by atoms with Crippen molar-refractivity contribution in [3.05, 3.63) is 66.7 Å². The number of para-hydroxylation sites is 1. The molecule has 3 rings (SSSR count). The lowest BCUT2D eigenvalue weighted by Crippen LogP contribution is -2.15. The van der Waals surface area contributed by atoms with Gasteiger partial charge in [-0.3, -0.25) is 9.36 Å². The third-order valence-corrected chi connectivity index (χ3v) is 5.35. The first-order valence-electron chi connectivity index (χ1n) is 9.35. The fourth-order valence-corrected chi connectivity index (χ4v) is 3.66. The monoisotopic (exact) mass is 408 g/mol. The minimum Gasteiger partial charge on any atom is -0.497 e. The van der Waals surface area contributed by atoms with Crippen LogP contribution in [-0.2, 0) is 17.8 Å².